The molecule has 1 saturated carbocycles. The van der Waals surface area contributed by atoms with Gasteiger partial charge in [0.2, 0.25) is 0 Å². The Morgan fingerprint density at radius 1 is 0.829 bits per heavy atom. The topological polar surface area (TPSA) is 66.1 Å². The maximum absolute atomic E-state index is 14.4. The van der Waals surface area contributed by atoms with Gasteiger partial charge in [-0.3, -0.25) is 9.69 Å². The van der Waals surface area contributed by atoms with Gasteiger partial charge in [-0.25, -0.2) is 4.39 Å². The number of piperidine rings is 1. The molecule has 3 aliphatic heterocycles. The molecule has 2 N–H and O–H groups in total. The van der Waals surface area contributed by atoms with E-state index < -0.39 is 0 Å². The number of ether oxygens (including phenoxy) is 2. The number of piperazine rings is 1. The van der Waals surface area contributed by atoms with Gasteiger partial charge in [-0.05, 0) is 73.2 Å². The monoisotopic (exact) mass is 564 g/mol. The number of likely N-dealkylation sites (tertiary alicyclic amines) is 1. The Labute approximate surface area is 243 Å². The molecule has 2 aromatic carbocycles. The van der Waals surface area contributed by atoms with E-state index in [1.807, 2.05) is 23.1 Å². The summed E-state index contributed by atoms with van der Waals surface area (Å²) in [6.45, 7) is 7.75. The zero-order valence-corrected chi connectivity index (χ0v) is 24.2. The SMILES string of the molecule is O=C(c1ccc(O[C@H]2CCNC2)c(C2CCCCC2)c1)N1CCC(Oc2cc(F)cc(CN3CCNCC3)c2)CC1. The highest BCUT2D eigenvalue weighted by Gasteiger charge is 2.28. The van der Waals surface area contributed by atoms with Crippen molar-refractivity contribution in [1.82, 2.24) is 20.4 Å². The summed E-state index contributed by atoms with van der Waals surface area (Å²) in [5, 5.41) is 6.74. The second-order valence-corrected chi connectivity index (χ2v) is 12.3. The molecule has 3 heterocycles. The molecule has 41 heavy (non-hydrogen) atoms. The highest BCUT2D eigenvalue weighted by Crippen LogP contribution is 2.39. The Morgan fingerprint density at radius 3 is 2.39 bits per heavy atom. The van der Waals surface area contributed by atoms with Crippen molar-refractivity contribution in [3.05, 3.63) is 58.9 Å². The molecule has 6 rings (SSSR count). The van der Waals surface area contributed by atoms with Gasteiger partial charge in [0.25, 0.3) is 5.91 Å². The fraction of sp³-hybridized carbons (Fsp3) is 0.606. The zero-order valence-electron chi connectivity index (χ0n) is 24.2. The number of rotatable bonds is 8. The van der Waals surface area contributed by atoms with Crippen LogP contribution in [0.4, 0.5) is 4.39 Å². The summed E-state index contributed by atoms with van der Waals surface area (Å²) in [4.78, 5) is 17.9. The van der Waals surface area contributed by atoms with Crippen molar-refractivity contribution in [2.45, 2.75) is 76.0 Å². The third-order valence-electron chi connectivity index (χ3n) is 9.19. The van der Waals surface area contributed by atoms with Crippen molar-refractivity contribution < 1.29 is 18.7 Å². The van der Waals surface area contributed by atoms with Crippen molar-refractivity contribution in [2.75, 3.05) is 52.4 Å². The molecule has 4 fully saturated rings. The van der Waals surface area contributed by atoms with Crippen molar-refractivity contribution >= 4 is 5.91 Å². The Balaban J connectivity index is 1.07. The Hall–Kier alpha value is -2.68. The van der Waals surface area contributed by atoms with E-state index in [1.165, 1.54) is 30.9 Å². The van der Waals surface area contributed by atoms with Gasteiger partial charge in [0.1, 0.15) is 29.5 Å². The molecule has 0 spiro atoms. The van der Waals surface area contributed by atoms with Crippen LogP contribution >= 0.6 is 0 Å². The summed E-state index contributed by atoms with van der Waals surface area (Å²) in [6, 6.07) is 11.2. The Morgan fingerprint density at radius 2 is 1.63 bits per heavy atom. The smallest absolute Gasteiger partial charge is 0.253 e. The van der Waals surface area contributed by atoms with Crippen molar-refractivity contribution in [2.24, 2.45) is 0 Å². The highest BCUT2D eigenvalue weighted by molar-refractivity contribution is 5.94. The predicted octanol–water partition coefficient (Wildman–Crippen LogP) is 4.70. The molecule has 2 aromatic rings. The van der Waals surface area contributed by atoms with Crippen LogP contribution < -0.4 is 20.1 Å². The number of benzene rings is 2. The van der Waals surface area contributed by atoms with E-state index in [2.05, 4.69) is 21.6 Å². The number of nitrogens with one attached hydrogen (secondary N) is 2. The van der Waals surface area contributed by atoms with Gasteiger partial charge in [0.15, 0.2) is 0 Å². The second kappa shape index (κ2) is 13.5. The summed E-state index contributed by atoms with van der Waals surface area (Å²) in [7, 11) is 0. The third kappa shape index (κ3) is 7.40. The number of halogens is 1. The number of nitrogens with zero attached hydrogens (tertiary/aromatic N) is 2. The van der Waals surface area contributed by atoms with Gasteiger partial charge in [-0.1, -0.05) is 19.3 Å². The van der Waals surface area contributed by atoms with Crippen molar-refractivity contribution in [3.8, 4) is 11.5 Å². The van der Waals surface area contributed by atoms with E-state index in [1.54, 1.807) is 6.07 Å². The van der Waals surface area contributed by atoms with E-state index in [-0.39, 0.29) is 23.9 Å². The maximum atomic E-state index is 14.4. The molecule has 0 unspecified atom stereocenters. The lowest BCUT2D eigenvalue weighted by atomic mass is 9.83. The normalized spacial score (nSPS) is 23.0. The number of hydrogen-bond donors (Lipinski definition) is 2. The average Bonchev–Trinajstić information content (AvgIpc) is 3.51. The minimum Gasteiger partial charge on any atom is -0.490 e. The molecule has 0 aromatic heterocycles. The fourth-order valence-electron chi connectivity index (χ4n) is 6.89. The molecule has 1 amide bonds. The van der Waals surface area contributed by atoms with Crippen LogP contribution in [0.25, 0.3) is 0 Å². The third-order valence-corrected chi connectivity index (χ3v) is 9.19. The molecule has 3 saturated heterocycles. The van der Waals surface area contributed by atoms with E-state index in [9.17, 15) is 9.18 Å². The fourth-order valence-corrected chi connectivity index (χ4v) is 6.89. The first-order chi connectivity index (χ1) is 20.1. The number of amides is 1. The molecular formula is C33H45FN4O3. The van der Waals surface area contributed by atoms with Crippen LogP contribution in [0.5, 0.6) is 11.5 Å². The Kier molecular flexibility index (Phi) is 9.39. The summed E-state index contributed by atoms with van der Waals surface area (Å²) >= 11 is 0. The van der Waals surface area contributed by atoms with E-state index >= 15 is 0 Å². The number of carbonyl (C=O) groups is 1. The van der Waals surface area contributed by atoms with Crippen LogP contribution in [0.3, 0.4) is 0 Å². The van der Waals surface area contributed by atoms with Crippen LogP contribution in [0, 0.1) is 5.82 Å². The highest BCUT2D eigenvalue weighted by atomic mass is 19.1. The van der Waals surface area contributed by atoms with Gasteiger partial charge >= 0.3 is 0 Å². The average molecular weight is 565 g/mol. The zero-order chi connectivity index (χ0) is 28.0. The maximum Gasteiger partial charge on any atom is 0.253 e. The van der Waals surface area contributed by atoms with Crippen LogP contribution in [0.15, 0.2) is 36.4 Å². The Bertz CT molecular complexity index is 1170. The summed E-state index contributed by atoms with van der Waals surface area (Å²) < 4.78 is 27.1. The number of carbonyl (C=O) groups excluding carboxylic acids is 1. The molecule has 7 nitrogen and oxygen atoms in total. The molecule has 1 atom stereocenters. The van der Waals surface area contributed by atoms with Gasteiger partial charge in [-0.2, -0.15) is 0 Å². The van der Waals surface area contributed by atoms with Gasteiger partial charge in [-0.15, -0.1) is 0 Å². The van der Waals surface area contributed by atoms with Crippen LogP contribution in [0.1, 0.15) is 78.8 Å². The van der Waals surface area contributed by atoms with Crippen LogP contribution in [-0.2, 0) is 6.54 Å². The molecule has 0 bridgehead atoms. The lowest BCUT2D eigenvalue weighted by Gasteiger charge is -2.33. The summed E-state index contributed by atoms with van der Waals surface area (Å²) in [6.07, 6.45) is 8.77. The molecule has 8 heteroatoms. The molecule has 1 aliphatic carbocycles. The number of hydrogen-bond acceptors (Lipinski definition) is 6. The van der Waals surface area contributed by atoms with Gasteiger partial charge in [0, 0.05) is 76.8 Å². The van der Waals surface area contributed by atoms with Crippen molar-refractivity contribution in [1.29, 1.82) is 0 Å². The van der Waals surface area contributed by atoms with E-state index in [4.69, 9.17) is 9.47 Å². The van der Waals surface area contributed by atoms with Crippen LogP contribution in [-0.4, -0.2) is 80.3 Å². The first-order valence-electron chi connectivity index (χ1n) is 15.8. The summed E-state index contributed by atoms with van der Waals surface area (Å²) in [5.41, 5.74) is 2.91. The standard InChI is InChI=1S/C33H45FN4O3/c34-27-18-24(23-37-16-12-35-13-17-37)19-30(21-27)40-28-9-14-38(15-10-28)33(39)26-6-7-32(41-29-8-11-36-22-29)31(20-26)25-4-2-1-3-5-25/h6-7,18-21,25,28-29,35-36H,1-5,8-17,22-23H2/t29-/m0/s1. The predicted molar refractivity (Wildman–Crippen MR) is 158 cm³/mol. The molecule has 222 valence electrons. The molecular weight excluding hydrogens is 519 g/mol. The summed E-state index contributed by atoms with van der Waals surface area (Å²) in [5.74, 6) is 1.83. The molecule has 0 radical (unpaired) electrons. The lowest BCUT2D eigenvalue weighted by molar-refractivity contribution is 0.0594. The first-order valence-corrected chi connectivity index (χ1v) is 15.8. The minimum absolute atomic E-state index is 0.0264. The largest absolute Gasteiger partial charge is 0.490 e. The lowest BCUT2D eigenvalue weighted by Crippen LogP contribution is -2.43. The van der Waals surface area contributed by atoms with Crippen molar-refractivity contribution in [3.63, 3.8) is 0 Å². The second-order valence-electron chi connectivity index (χ2n) is 12.3. The molecule has 4 aliphatic rings. The quantitative estimate of drug-likeness (QED) is 0.485. The first kappa shape index (κ1) is 28.4. The van der Waals surface area contributed by atoms with Crippen LogP contribution in [0.2, 0.25) is 0 Å². The van der Waals surface area contributed by atoms with Gasteiger partial charge in [0.05, 0.1) is 0 Å². The van der Waals surface area contributed by atoms with E-state index in [0.29, 0.717) is 24.8 Å². The van der Waals surface area contributed by atoms with Gasteiger partial charge < -0.3 is 25.0 Å². The minimum atomic E-state index is -0.259. The van der Waals surface area contributed by atoms with E-state index in [0.717, 1.165) is 94.8 Å².